The molecule has 1 aromatic carbocycles. The predicted molar refractivity (Wildman–Crippen MR) is 121 cm³/mol. The van der Waals surface area contributed by atoms with Crippen molar-refractivity contribution in [3.05, 3.63) is 47.7 Å². The Morgan fingerprint density at radius 3 is 2.57 bits per heavy atom. The summed E-state index contributed by atoms with van der Waals surface area (Å²) in [6, 6.07) is 10.4. The molecule has 4 N–H and O–H groups in total. The zero-order valence-electron chi connectivity index (χ0n) is 17.9. The minimum Gasteiger partial charge on any atom is -0.363 e. The van der Waals surface area contributed by atoms with Crippen molar-refractivity contribution in [1.29, 1.82) is 0 Å². The third-order valence-corrected chi connectivity index (χ3v) is 8.39. The number of anilines is 1. The quantitative estimate of drug-likeness (QED) is 0.566. The van der Waals surface area contributed by atoms with E-state index in [1.54, 1.807) is 6.20 Å². The minimum absolute atomic E-state index is 0.0970. The fraction of sp³-hybridized carbons (Fsp3) is 0.545. The van der Waals surface area contributed by atoms with Crippen LogP contribution in [0.15, 0.2) is 36.5 Å². The highest BCUT2D eigenvalue weighted by Gasteiger charge is 2.40. The number of nitrogens with zero attached hydrogens (tertiary/aromatic N) is 2. The summed E-state index contributed by atoms with van der Waals surface area (Å²) < 4.78 is 21.9. The Kier molecular flexibility index (Phi) is 5.36. The number of benzene rings is 1. The van der Waals surface area contributed by atoms with Gasteiger partial charge in [-0.1, -0.05) is 37.3 Å². The standard InChI is InChI=1S/C22H32N4O3S/c1-4-22(10-12-30(28,29)13-11-22)25-20(27)17-15-23-26-19(17)24-18(14-21(26,2)3)16-8-6-5-7-9-16/h5-9,15,18,24,28-29H,4,10-14H2,1-3H3,(H,25,27). The fourth-order valence-corrected chi connectivity index (χ4v) is 6.26. The van der Waals surface area contributed by atoms with E-state index in [4.69, 9.17) is 0 Å². The number of carbonyl (C=O) groups is 1. The molecule has 1 unspecified atom stereocenters. The Morgan fingerprint density at radius 1 is 1.27 bits per heavy atom. The van der Waals surface area contributed by atoms with Crippen molar-refractivity contribution in [3.63, 3.8) is 0 Å². The molecule has 0 aliphatic carbocycles. The van der Waals surface area contributed by atoms with Crippen LogP contribution in [0, 0.1) is 0 Å². The highest BCUT2D eigenvalue weighted by Crippen LogP contribution is 2.48. The first kappa shape index (κ1) is 21.2. The van der Waals surface area contributed by atoms with Gasteiger partial charge < -0.3 is 10.6 Å². The summed E-state index contributed by atoms with van der Waals surface area (Å²) in [5, 5.41) is 11.3. The van der Waals surface area contributed by atoms with Gasteiger partial charge in [-0.2, -0.15) is 15.7 Å². The molecule has 0 radical (unpaired) electrons. The van der Waals surface area contributed by atoms with E-state index in [0.29, 0.717) is 29.9 Å². The summed E-state index contributed by atoms with van der Waals surface area (Å²) in [7, 11) is -2.50. The van der Waals surface area contributed by atoms with Crippen LogP contribution in [0.3, 0.4) is 0 Å². The van der Waals surface area contributed by atoms with E-state index < -0.39 is 16.1 Å². The summed E-state index contributed by atoms with van der Waals surface area (Å²) in [5.41, 5.74) is 1.08. The van der Waals surface area contributed by atoms with Crippen molar-refractivity contribution < 1.29 is 13.9 Å². The largest absolute Gasteiger partial charge is 0.363 e. The van der Waals surface area contributed by atoms with E-state index in [2.05, 4.69) is 41.7 Å². The normalized spacial score (nSPS) is 24.9. The van der Waals surface area contributed by atoms with E-state index >= 15 is 0 Å². The van der Waals surface area contributed by atoms with Crippen molar-refractivity contribution in [3.8, 4) is 0 Å². The first-order chi connectivity index (χ1) is 14.1. The highest BCUT2D eigenvalue weighted by molar-refractivity contribution is 8.24. The lowest BCUT2D eigenvalue weighted by Crippen LogP contribution is -2.52. The second-order valence-corrected chi connectivity index (χ2v) is 11.7. The van der Waals surface area contributed by atoms with Gasteiger partial charge in [0.15, 0.2) is 0 Å². The molecule has 30 heavy (non-hydrogen) atoms. The predicted octanol–water partition coefficient (Wildman–Crippen LogP) is 4.60. The maximum atomic E-state index is 13.3. The van der Waals surface area contributed by atoms with E-state index in [1.165, 1.54) is 5.56 Å². The van der Waals surface area contributed by atoms with Gasteiger partial charge in [-0.05, 0) is 45.1 Å². The van der Waals surface area contributed by atoms with Gasteiger partial charge in [0.1, 0.15) is 11.4 Å². The van der Waals surface area contributed by atoms with Crippen LogP contribution in [0.1, 0.15) is 68.4 Å². The SMILES string of the molecule is CCC1(NC(=O)c2cnn3c2NC(c2ccccc2)CC3(C)C)CCS(O)(O)CC1. The van der Waals surface area contributed by atoms with Crippen LogP contribution in [0.4, 0.5) is 5.82 Å². The number of fused-ring (bicyclic) bond motifs is 1. The molecule has 1 fully saturated rings. The molecule has 0 saturated carbocycles. The van der Waals surface area contributed by atoms with Gasteiger partial charge in [-0.15, -0.1) is 0 Å². The Labute approximate surface area is 179 Å². The maximum absolute atomic E-state index is 13.3. The van der Waals surface area contributed by atoms with Crippen LogP contribution in [0.5, 0.6) is 0 Å². The number of hydrogen-bond donors (Lipinski definition) is 4. The molecule has 1 atom stereocenters. The molecule has 1 aromatic heterocycles. The van der Waals surface area contributed by atoms with Crippen LogP contribution in [-0.2, 0) is 5.54 Å². The number of hydrogen-bond acceptors (Lipinski definition) is 5. The molecule has 2 aromatic rings. The van der Waals surface area contributed by atoms with E-state index in [-0.39, 0.29) is 17.5 Å². The fourth-order valence-electron chi connectivity index (χ4n) is 4.62. The smallest absolute Gasteiger partial charge is 0.257 e. The molecule has 1 saturated heterocycles. The first-order valence-electron chi connectivity index (χ1n) is 10.6. The number of nitrogens with one attached hydrogen (secondary N) is 2. The van der Waals surface area contributed by atoms with Gasteiger partial charge in [-0.25, -0.2) is 4.68 Å². The van der Waals surface area contributed by atoms with Crippen LogP contribution in [0.2, 0.25) is 0 Å². The monoisotopic (exact) mass is 432 g/mol. The van der Waals surface area contributed by atoms with Gasteiger partial charge in [0.05, 0.1) is 17.8 Å². The number of amides is 1. The molecular weight excluding hydrogens is 400 g/mol. The van der Waals surface area contributed by atoms with Gasteiger partial charge in [-0.3, -0.25) is 13.9 Å². The zero-order chi connectivity index (χ0) is 21.6. The summed E-state index contributed by atoms with van der Waals surface area (Å²) in [6.07, 6.45) is 4.42. The van der Waals surface area contributed by atoms with E-state index in [0.717, 1.165) is 18.7 Å². The molecule has 2 aliphatic rings. The molecule has 0 spiro atoms. The first-order valence-corrected chi connectivity index (χ1v) is 12.5. The van der Waals surface area contributed by atoms with Crippen LogP contribution >= 0.6 is 10.6 Å². The lowest BCUT2D eigenvalue weighted by molar-refractivity contribution is 0.0885. The molecule has 4 rings (SSSR count). The summed E-state index contributed by atoms with van der Waals surface area (Å²) in [6.45, 7) is 6.32. The molecule has 2 aliphatic heterocycles. The molecular formula is C22H32N4O3S. The molecule has 3 heterocycles. The molecule has 0 bridgehead atoms. The number of carbonyl (C=O) groups excluding carboxylic acids is 1. The third kappa shape index (κ3) is 3.96. The van der Waals surface area contributed by atoms with Crippen molar-refractivity contribution in [1.82, 2.24) is 15.1 Å². The Balaban J connectivity index is 1.60. The third-order valence-electron chi connectivity index (χ3n) is 6.67. The van der Waals surface area contributed by atoms with Crippen molar-refractivity contribution in [2.24, 2.45) is 0 Å². The lowest BCUT2D eigenvalue weighted by atomic mass is 9.88. The number of aromatic nitrogens is 2. The van der Waals surface area contributed by atoms with Crippen LogP contribution < -0.4 is 10.6 Å². The summed E-state index contributed by atoms with van der Waals surface area (Å²) in [5.74, 6) is 1.26. The van der Waals surface area contributed by atoms with Gasteiger partial charge >= 0.3 is 0 Å². The van der Waals surface area contributed by atoms with Crippen LogP contribution in [0.25, 0.3) is 0 Å². The van der Waals surface area contributed by atoms with Gasteiger partial charge in [0, 0.05) is 17.0 Å². The lowest BCUT2D eigenvalue weighted by Gasteiger charge is -2.46. The Hall–Kier alpha value is -2.03. The molecule has 8 heteroatoms. The molecule has 1 amide bonds. The van der Waals surface area contributed by atoms with Crippen molar-refractivity contribution >= 4 is 22.3 Å². The molecule has 164 valence electrons. The average Bonchev–Trinajstić information content (AvgIpc) is 3.15. The summed E-state index contributed by atoms with van der Waals surface area (Å²) in [4.78, 5) is 13.3. The molecule has 7 nitrogen and oxygen atoms in total. The zero-order valence-corrected chi connectivity index (χ0v) is 18.7. The topological polar surface area (TPSA) is 99.4 Å². The summed E-state index contributed by atoms with van der Waals surface area (Å²) >= 11 is 0. The Bertz CT molecular complexity index is 916. The number of rotatable bonds is 4. The minimum atomic E-state index is -2.50. The second-order valence-electron chi connectivity index (χ2n) is 9.24. The van der Waals surface area contributed by atoms with E-state index in [1.807, 2.05) is 29.8 Å². The van der Waals surface area contributed by atoms with Crippen molar-refractivity contribution in [2.45, 2.75) is 63.6 Å². The Morgan fingerprint density at radius 2 is 1.93 bits per heavy atom. The van der Waals surface area contributed by atoms with Crippen LogP contribution in [-0.4, -0.2) is 41.8 Å². The van der Waals surface area contributed by atoms with E-state index in [9.17, 15) is 13.9 Å². The second kappa shape index (κ2) is 7.59. The maximum Gasteiger partial charge on any atom is 0.257 e. The highest BCUT2D eigenvalue weighted by atomic mass is 32.3. The van der Waals surface area contributed by atoms with Crippen molar-refractivity contribution in [2.75, 3.05) is 16.8 Å². The average molecular weight is 433 g/mol. The van der Waals surface area contributed by atoms with Gasteiger partial charge in [0.25, 0.3) is 5.91 Å². The van der Waals surface area contributed by atoms with Gasteiger partial charge in [0.2, 0.25) is 0 Å².